The Morgan fingerprint density at radius 1 is 1.27 bits per heavy atom. The molecule has 0 aromatic heterocycles. The van der Waals surface area contributed by atoms with Crippen molar-refractivity contribution in [2.24, 2.45) is 16.8 Å². The van der Waals surface area contributed by atoms with Gasteiger partial charge >= 0.3 is 0 Å². The number of Topliss-reactive ketones (excluding diaryl/α,β-unsaturated/α-hetero) is 1. The lowest BCUT2D eigenvalue weighted by Crippen LogP contribution is -2.28. The standard InChI is InChI=1S/C30H44N2O/c1-10-22(28(33)23-12-11-13-23)18-31-21(4)32(19-20(2)3)27-17-24(29(5,6)7)16-26-25(27)14-15-30(26,8)9/h10,16-18,20,23H,4,11-15,19H2,1-3,5-9H3/b22-10+,31-18-. The van der Waals surface area contributed by atoms with Crippen molar-refractivity contribution >= 4 is 17.7 Å². The van der Waals surface area contributed by atoms with Crippen LogP contribution in [0.3, 0.4) is 0 Å². The Morgan fingerprint density at radius 3 is 2.45 bits per heavy atom. The number of carbonyl (C=O) groups excluding carboxylic acids is 1. The predicted octanol–water partition coefficient (Wildman–Crippen LogP) is 7.53. The van der Waals surface area contributed by atoms with Gasteiger partial charge in [0.05, 0.1) is 0 Å². The second kappa shape index (κ2) is 9.60. The molecule has 2 aliphatic carbocycles. The van der Waals surface area contributed by atoms with Crippen LogP contribution in [0, 0.1) is 11.8 Å². The highest BCUT2D eigenvalue weighted by molar-refractivity contribution is 6.14. The number of rotatable bonds is 8. The van der Waals surface area contributed by atoms with Crippen LogP contribution in [0.4, 0.5) is 5.69 Å². The summed E-state index contributed by atoms with van der Waals surface area (Å²) in [5, 5.41) is 0. The molecular formula is C30H44N2O. The molecule has 1 aromatic rings. The molecule has 0 unspecified atom stereocenters. The monoisotopic (exact) mass is 448 g/mol. The molecule has 0 atom stereocenters. The maximum absolute atomic E-state index is 12.8. The van der Waals surface area contributed by atoms with Gasteiger partial charge in [-0.15, -0.1) is 0 Å². The minimum absolute atomic E-state index is 0.0594. The van der Waals surface area contributed by atoms with Crippen LogP contribution in [0.25, 0.3) is 0 Å². The average Bonchev–Trinajstić information content (AvgIpc) is 2.98. The smallest absolute Gasteiger partial charge is 0.167 e. The lowest BCUT2D eigenvalue weighted by molar-refractivity contribution is -0.120. The van der Waals surface area contributed by atoms with Crippen LogP contribution in [-0.2, 0) is 22.0 Å². The summed E-state index contributed by atoms with van der Waals surface area (Å²) in [6, 6.07) is 4.79. The van der Waals surface area contributed by atoms with Gasteiger partial charge in [-0.2, -0.15) is 0 Å². The quantitative estimate of drug-likeness (QED) is 0.304. The molecule has 2 aliphatic rings. The summed E-state index contributed by atoms with van der Waals surface area (Å²) < 4.78 is 0. The SMILES string of the molecule is C=C(/N=C\C(=C/C)C(=O)C1CCC1)N(CC(C)C)c1cc(C(C)(C)C)cc2c1CCC2(C)C. The van der Waals surface area contributed by atoms with Crippen LogP contribution in [-0.4, -0.2) is 18.5 Å². The number of ketones is 1. The summed E-state index contributed by atoms with van der Waals surface area (Å²) in [5.41, 5.74) is 6.43. The molecule has 0 radical (unpaired) electrons. The van der Waals surface area contributed by atoms with E-state index in [9.17, 15) is 4.79 Å². The van der Waals surface area contributed by atoms with Gasteiger partial charge < -0.3 is 4.90 Å². The molecule has 1 aromatic carbocycles. The summed E-state index contributed by atoms with van der Waals surface area (Å²) in [4.78, 5) is 19.8. The molecule has 3 nitrogen and oxygen atoms in total. The first kappa shape index (κ1) is 25.5. The van der Waals surface area contributed by atoms with Gasteiger partial charge in [0.2, 0.25) is 0 Å². The van der Waals surface area contributed by atoms with Crippen molar-refractivity contribution in [3.8, 4) is 0 Å². The molecular weight excluding hydrogens is 404 g/mol. The first-order chi connectivity index (χ1) is 15.3. The number of nitrogens with zero attached hydrogens (tertiary/aromatic N) is 2. The van der Waals surface area contributed by atoms with E-state index in [1.54, 1.807) is 6.21 Å². The zero-order valence-electron chi connectivity index (χ0n) is 22.2. The van der Waals surface area contributed by atoms with E-state index in [0.29, 0.717) is 17.3 Å². The number of allylic oxidation sites excluding steroid dienone is 2. The van der Waals surface area contributed by atoms with Gasteiger partial charge in [0.25, 0.3) is 0 Å². The van der Waals surface area contributed by atoms with Gasteiger partial charge in [-0.3, -0.25) is 4.79 Å². The Morgan fingerprint density at radius 2 is 1.94 bits per heavy atom. The summed E-state index contributed by atoms with van der Waals surface area (Å²) in [7, 11) is 0. The topological polar surface area (TPSA) is 32.7 Å². The molecule has 1 fully saturated rings. The molecule has 180 valence electrons. The van der Waals surface area contributed by atoms with Crippen LogP contribution >= 0.6 is 0 Å². The Bertz CT molecular complexity index is 968. The Balaban J connectivity index is 2.01. The molecule has 3 rings (SSSR count). The molecule has 0 amide bonds. The Labute approximate surface area is 202 Å². The van der Waals surface area contributed by atoms with Crippen molar-refractivity contribution < 1.29 is 4.79 Å². The fourth-order valence-electron chi connectivity index (χ4n) is 4.88. The van der Waals surface area contributed by atoms with Crippen LogP contribution in [0.15, 0.2) is 41.2 Å². The minimum atomic E-state index is 0.0594. The van der Waals surface area contributed by atoms with E-state index in [4.69, 9.17) is 4.99 Å². The van der Waals surface area contributed by atoms with E-state index >= 15 is 0 Å². The summed E-state index contributed by atoms with van der Waals surface area (Å²) in [6.45, 7) is 23.2. The molecule has 0 N–H and O–H groups in total. The average molecular weight is 449 g/mol. The van der Waals surface area contributed by atoms with Crippen LogP contribution in [0.2, 0.25) is 0 Å². The third-order valence-electron chi connectivity index (χ3n) is 7.40. The largest absolute Gasteiger partial charge is 0.326 e. The van der Waals surface area contributed by atoms with Gasteiger partial charge in [0.15, 0.2) is 5.78 Å². The normalized spacial score (nSPS) is 18.5. The highest BCUT2D eigenvalue weighted by Crippen LogP contribution is 2.45. The zero-order chi connectivity index (χ0) is 24.6. The summed E-state index contributed by atoms with van der Waals surface area (Å²) >= 11 is 0. The van der Waals surface area contributed by atoms with Crippen molar-refractivity contribution in [1.82, 2.24) is 0 Å². The number of aliphatic imine (C=N–C) groups is 1. The maximum atomic E-state index is 12.8. The molecule has 0 aliphatic heterocycles. The third kappa shape index (κ3) is 5.50. The number of fused-ring (bicyclic) bond motifs is 1. The fraction of sp³-hybridized carbons (Fsp3) is 0.600. The molecule has 3 heteroatoms. The van der Waals surface area contributed by atoms with E-state index in [2.05, 4.69) is 72.1 Å². The number of anilines is 1. The summed E-state index contributed by atoms with van der Waals surface area (Å²) in [5.74, 6) is 1.57. The van der Waals surface area contributed by atoms with Crippen molar-refractivity contribution in [2.75, 3.05) is 11.4 Å². The van der Waals surface area contributed by atoms with E-state index in [1.165, 1.54) is 22.4 Å². The van der Waals surface area contributed by atoms with E-state index in [1.807, 2.05) is 13.0 Å². The van der Waals surface area contributed by atoms with Gasteiger partial charge in [-0.25, -0.2) is 4.99 Å². The first-order valence-electron chi connectivity index (χ1n) is 12.7. The number of benzene rings is 1. The Hall–Kier alpha value is -2.16. The lowest BCUT2D eigenvalue weighted by atomic mass is 9.80. The third-order valence-corrected chi connectivity index (χ3v) is 7.40. The van der Waals surface area contributed by atoms with Crippen molar-refractivity contribution in [1.29, 1.82) is 0 Å². The minimum Gasteiger partial charge on any atom is -0.326 e. The molecule has 33 heavy (non-hydrogen) atoms. The van der Waals surface area contributed by atoms with Gasteiger partial charge in [-0.1, -0.05) is 73.6 Å². The highest BCUT2D eigenvalue weighted by Gasteiger charge is 2.35. The number of hydrogen-bond acceptors (Lipinski definition) is 3. The molecule has 0 bridgehead atoms. The number of carbonyl (C=O) groups is 1. The second-order valence-corrected chi connectivity index (χ2v) is 12.1. The van der Waals surface area contributed by atoms with E-state index < -0.39 is 0 Å². The predicted molar refractivity (Wildman–Crippen MR) is 142 cm³/mol. The first-order valence-corrected chi connectivity index (χ1v) is 12.7. The molecule has 0 spiro atoms. The van der Waals surface area contributed by atoms with Gasteiger partial charge in [-0.05, 0) is 72.1 Å². The highest BCUT2D eigenvalue weighted by atomic mass is 16.1. The Kier molecular flexibility index (Phi) is 7.41. The van der Waals surface area contributed by atoms with Crippen LogP contribution in [0.5, 0.6) is 0 Å². The fourth-order valence-corrected chi connectivity index (χ4v) is 4.88. The summed E-state index contributed by atoms with van der Waals surface area (Å²) in [6.07, 6.45) is 9.04. The van der Waals surface area contributed by atoms with Crippen LogP contribution in [0.1, 0.15) is 97.8 Å². The van der Waals surface area contributed by atoms with E-state index in [-0.39, 0.29) is 22.5 Å². The molecule has 1 saturated carbocycles. The second-order valence-electron chi connectivity index (χ2n) is 12.1. The lowest BCUT2D eigenvalue weighted by Gasteiger charge is -2.32. The number of hydrogen-bond donors (Lipinski definition) is 0. The van der Waals surface area contributed by atoms with Gasteiger partial charge in [0.1, 0.15) is 5.82 Å². The van der Waals surface area contributed by atoms with Gasteiger partial charge in [0, 0.05) is 29.9 Å². The van der Waals surface area contributed by atoms with Crippen molar-refractivity contribution in [3.05, 3.63) is 52.9 Å². The van der Waals surface area contributed by atoms with E-state index in [0.717, 1.165) is 38.6 Å². The molecule has 0 saturated heterocycles. The maximum Gasteiger partial charge on any atom is 0.167 e. The zero-order valence-corrected chi connectivity index (χ0v) is 22.2. The van der Waals surface area contributed by atoms with Crippen LogP contribution < -0.4 is 4.90 Å². The molecule has 0 heterocycles. The van der Waals surface area contributed by atoms with Crippen molar-refractivity contribution in [2.45, 2.75) is 98.3 Å². The van der Waals surface area contributed by atoms with Crippen molar-refractivity contribution in [3.63, 3.8) is 0 Å².